The highest BCUT2D eigenvalue weighted by atomic mass is 19.4. The summed E-state index contributed by atoms with van der Waals surface area (Å²) in [7, 11) is 0. The minimum Gasteiger partial charge on any atom is -0.371 e. The summed E-state index contributed by atoms with van der Waals surface area (Å²) in [6.45, 7) is 2.00. The number of rotatable bonds is 3. The average Bonchev–Trinajstić information content (AvgIpc) is 3.02. The topological polar surface area (TPSA) is 41.6 Å². The number of morpholine rings is 1. The summed E-state index contributed by atoms with van der Waals surface area (Å²) in [5.41, 5.74) is 1.69. The summed E-state index contributed by atoms with van der Waals surface area (Å²) in [5, 5.41) is 2.79. The van der Waals surface area contributed by atoms with Gasteiger partial charge < -0.3 is 10.1 Å². The van der Waals surface area contributed by atoms with Gasteiger partial charge in [0.2, 0.25) is 0 Å². The van der Waals surface area contributed by atoms with Crippen LogP contribution in [0.5, 0.6) is 0 Å². The predicted molar refractivity (Wildman–Crippen MR) is 93.0 cm³/mol. The molecular formula is C20H18F4N2O2. The fourth-order valence-electron chi connectivity index (χ4n) is 3.78. The van der Waals surface area contributed by atoms with Crippen molar-refractivity contribution >= 4 is 5.91 Å². The monoisotopic (exact) mass is 394 g/mol. The van der Waals surface area contributed by atoms with Gasteiger partial charge in [0.25, 0.3) is 5.91 Å². The second-order valence-corrected chi connectivity index (χ2v) is 7.00. The van der Waals surface area contributed by atoms with Gasteiger partial charge in [-0.2, -0.15) is 13.2 Å². The first-order valence-electron chi connectivity index (χ1n) is 8.92. The number of carbonyl (C=O) groups excluding carboxylic acids is 1. The highest BCUT2D eigenvalue weighted by molar-refractivity contribution is 5.98. The van der Waals surface area contributed by atoms with Crippen molar-refractivity contribution in [3.05, 3.63) is 70.0 Å². The van der Waals surface area contributed by atoms with Gasteiger partial charge in [-0.3, -0.25) is 9.69 Å². The molecule has 0 aromatic heterocycles. The lowest BCUT2D eigenvalue weighted by atomic mass is 9.97. The Kier molecular flexibility index (Phi) is 4.84. The van der Waals surface area contributed by atoms with Gasteiger partial charge in [0.1, 0.15) is 5.82 Å². The maximum absolute atomic E-state index is 13.7. The van der Waals surface area contributed by atoms with Crippen LogP contribution in [0.3, 0.4) is 0 Å². The third-order valence-electron chi connectivity index (χ3n) is 5.07. The summed E-state index contributed by atoms with van der Waals surface area (Å²) in [6, 6.07) is 8.07. The van der Waals surface area contributed by atoms with Gasteiger partial charge >= 0.3 is 6.18 Å². The molecule has 0 aliphatic carbocycles. The van der Waals surface area contributed by atoms with Crippen molar-refractivity contribution < 1.29 is 27.1 Å². The van der Waals surface area contributed by atoms with E-state index in [1.165, 1.54) is 0 Å². The highest BCUT2D eigenvalue weighted by Crippen LogP contribution is 2.32. The Morgan fingerprint density at radius 1 is 1.21 bits per heavy atom. The molecule has 1 saturated heterocycles. The fourth-order valence-corrected chi connectivity index (χ4v) is 3.78. The predicted octanol–water partition coefficient (Wildman–Crippen LogP) is 3.66. The van der Waals surface area contributed by atoms with E-state index < -0.39 is 17.6 Å². The Labute approximate surface area is 159 Å². The molecule has 0 saturated carbocycles. The molecule has 148 valence electrons. The molecule has 1 N–H and O–H groups in total. The number of nitrogens with zero attached hydrogens (tertiary/aromatic N) is 1. The van der Waals surface area contributed by atoms with Crippen LogP contribution in [0.4, 0.5) is 17.6 Å². The molecule has 2 aromatic rings. The molecule has 4 nitrogen and oxygen atoms in total. The second-order valence-electron chi connectivity index (χ2n) is 7.00. The largest absolute Gasteiger partial charge is 0.416 e. The van der Waals surface area contributed by atoms with Gasteiger partial charge in [0.15, 0.2) is 0 Å². The molecule has 8 heteroatoms. The first kappa shape index (κ1) is 18.9. The number of hydrogen-bond acceptors (Lipinski definition) is 3. The molecule has 0 radical (unpaired) electrons. The zero-order valence-electron chi connectivity index (χ0n) is 14.9. The first-order chi connectivity index (χ1) is 13.3. The molecule has 2 aliphatic rings. The van der Waals surface area contributed by atoms with Crippen LogP contribution >= 0.6 is 0 Å². The Morgan fingerprint density at radius 2 is 2.04 bits per heavy atom. The third kappa shape index (κ3) is 3.74. The lowest BCUT2D eigenvalue weighted by Crippen LogP contribution is -2.38. The van der Waals surface area contributed by atoms with Crippen LogP contribution in [0.15, 0.2) is 36.4 Å². The fraction of sp³-hybridized carbons (Fsp3) is 0.350. The minimum absolute atomic E-state index is 0.121. The molecular weight excluding hydrogens is 376 g/mol. The zero-order valence-corrected chi connectivity index (χ0v) is 14.9. The normalized spacial score (nSPS) is 20.1. The van der Waals surface area contributed by atoms with E-state index in [1.54, 1.807) is 12.1 Å². The molecule has 2 aromatic carbocycles. The van der Waals surface area contributed by atoms with Gasteiger partial charge in [-0.05, 0) is 41.0 Å². The summed E-state index contributed by atoms with van der Waals surface area (Å²) in [6.07, 6.45) is -4.89. The number of halogens is 4. The van der Waals surface area contributed by atoms with Crippen LogP contribution in [-0.2, 0) is 24.0 Å². The van der Waals surface area contributed by atoms with Crippen molar-refractivity contribution in [3.8, 4) is 0 Å². The molecule has 1 amide bonds. The Bertz CT molecular complexity index is 914. The SMILES string of the molecule is O=C1NCc2c1cccc2[C@@H]1CN(Cc2cc(F)cc(C(F)(F)F)c2)CCO1. The maximum atomic E-state index is 13.7. The number of ether oxygens (including phenoxy) is 1. The van der Waals surface area contributed by atoms with E-state index in [0.29, 0.717) is 37.9 Å². The smallest absolute Gasteiger partial charge is 0.371 e. The Morgan fingerprint density at radius 3 is 2.82 bits per heavy atom. The van der Waals surface area contributed by atoms with Gasteiger partial charge in [0.05, 0.1) is 18.3 Å². The Balaban J connectivity index is 1.53. The highest BCUT2D eigenvalue weighted by Gasteiger charge is 2.32. The van der Waals surface area contributed by atoms with Gasteiger partial charge in [-0.1, -0.05) is 12.1 Å². The van der Waals surface area contributed by atoms with Crippen molar-refractivity contribution in [1.82, 2.24) is 10.2 Å². The van der Waals surface area contributed by atoms with Crippen LogP contribution in [0, 0.1) is 5.82 Å². The van der Waals surface area contributed by atoms with Gasteiger partial charge in [-0.15, -0.1) is 0 Å². The molecule has 1 fully saturated rings. The number of alkyl halides is 3. The number of fused-ring (bicyclic) bond motifs is 1. The summed E-state index contributed by atoms with van der Waals surface area (Å²) in [5.74, 6) is -1.02. The van der Waals surface area contributed by atoms with Gasteiger partial charge in [0, 0.05) is 31.7 Å². The molecule has 0 unspecified atom stereocenters. The van der Waals surface area contributed by atoms with Crippen molar-refractivity contribution in [2.24, 2.45) is 0 Å². The lowest BCUT2D eigenvalue weighted by molar-refractivity contribution is -0.137. The van der Waals surface area contributed by atoms with Crippen molar-refractivity contribution in [2.45, 2.75) is 25.4 Å². The van der Waals surface area contributed by atoms with E-state index >= 15 is 0 Å². The van der Waals surface area contributed by atoms with Crippen LogP contribution in [0.2, 0.25) is 0 Å². The molecule has 2 aliphatic heterocycles. The van der Waals surface area contributed by atoms with Crippen LogP contribution < -0.4 is 5.32 Å². The number of amides is 1. The number of hydrogen-bond donors (Lipinski definition) is 1. The van der Waals surface area contributed by atoms with Crippen molar-refractivity contribution in [1.29, 1.82) is 0 Å². The van der Waals surface area contributed by atoms with E-state index in [1.807, 2.05) is 11.0 Å². The standard InChI is InChI=1S/C20H18F4N2O2/c21-14-7-12(6-13(8-14)20(22,23)24)10-26-4-5-28-18(11-26)15-2-1-3-16-17(15)9-25-19(16)27/h1-3,6-8,18H,4-5,9-11H2,(H,25,27)/t18-/m0/s1. The van der Waals surface area contributed by atoms with E-state index in [2.05, 4.69) is 5.32 Å². The number of nitrogens with one attached hydrogen (secondary N) is 1. The average molecular weight is 394 g/mol. The quantitative estimate of drug-likeness (QED) is 0.808. The maximum Gasteiger partial charge on any atom is 0.416 e. The number of carbonyl (C=O) groups is 1. The van der Waals surface area contributed by atoms with Crippen LogP contribution in [-0.4, -0.2) is 30.5 Å². The van der Waals surface area contributed by atoms with E-state index in [4.69, 9.17) is 4.74 Å². The van der Waals surface area contributed by atoms with Crippen molar-refractivity contribution in [2.75, 3.05) is 19.7 Å². The first-order valence-corrected chi connectivity index (χ1v) is 8.92. The van der Waals surface area contributed by atoms with Crippen LogP contribution in [0.25, 0.3) is 0 Å². The summed E-state index contributed by atoms with van der Waals surface area (Å²) >= 11 is 0. The van der Waals surface area contributed by atoms with Crippen LogP contribution in [0.1, 0.15) is 38.7 Å². The summed E-state index contributed by atoms with van der Waals surface area (Å²) in [4.78, 5) is 13.8. The molecule has 1 atom stereocenters. The molecule has 0 spiro atoms. The third-order valence-corrected chi connectivity index (χ3v) is 5.07. The summed E-state index contributed by atoms with van der Waals surface area (Å²) < 4.78 is 58.3. The minimum atomic E-state index is -4.59. The zero-order chi connectivity index (χ0) is 19.9. The molecule has 2 heterocycles. The van der Waals surface area contributed by atoms with E-state index in [0.717, 1.165) is 23.3 Å². The molecule has 28 heavy (non-hydrogen) atoms. The van der Waals surface area contributed by atoms with E-state index in [-0.39, 0.29) is 24.1 Å². The lowest BCUT2D eigenvalue weighted by Gasteiger charge is -2.34. The van der Waals surface area contributed by atoms with E-state index in [9.17, 15) is 22.4 Å². The number of benzene rings is 2. The van der Waals surface area contributed by atoms with Gasteiger partial charge in [-0.25, -0.2) is 4.39 Å². The molecule has 0 bridgehead atoms. The van der Waals surface area contributed by atoms with Crippen molar-refractivity contribution in [3.63, 3.8) is 0 Å². The molecule has 4 rings (SSSR count). The Hall–Kier alpha value is -2.45. The second kappa shape index (κ2) is 7.18.